The summed E-state index contributed by atoms with van der Waals surface area (Å²) in [5.74, 6) is 1.27. The van der Waals surface area contributed by atoms with Gasteiger partial charge in [-0.15, -0.1) is 0 Å². The number of aliphatic hydroxyl groups excluding tert-OH is 1. The Balaban J connectivity index is 2.08. The van der Waals surface area contributed by atoms with Crippen molar-refractivity contribution in [3.8, 4) is 0 Å². The molecule has 0 radical (unpaired) electrons. The van der Waals surface area contributed by atoms with E-state index in [1.165, 1.54) is 12.8 Å². The molecule has 1 aliphatic carbocycles. The topological polar surface area (TPSA) is 58.0 Å². The van der Waals surface area contributed by atoms with Gasteiger partial charge in [0.05, 0.1) is 12.6 Å². The summed E-state index contributed by atoms with van der Waals surface area (Å²) in [7, 11) is 0. The van der Waals surface area contributed by atoms with Crippen LogP contribution in [0.25, 0.3) is 0 Å². The lowest BCUT2D eigenvalue weighted by Crippen LogP contribution is -2.26. The summed E-state index contributed by atoms with van der Waals surface area (Å²) >= 11 is 5.75. The highest BCUT2D eigenvalue weighted by Gasteiger charge is 2.30. The van der Waals surface area contributed by atoms with Crippen LogP contribution in [-0.4, -0.2) is 27.7 Å². The first-order valence-electron chi connectivity index (χ1n) is 5.07. The van der Waals surface area contributed by atoms with Gasteiger partial charge in [-0.2, -0.15) is 0 Å². The molecule has 1 heterocycles. The highest BCUT2D eigenvalue weighted by atomic mass is 35.5. The molecule has 0 unspecified atom stereocenters. The van der Waals surface area contributed by atoms with Crippen molar-refractivity contribution in [3.05, 3.63) is 17.0 Å². The molecule has 0 spiro atoms. The van der Waals surface area contributed by atoms with Crippen LogP contribution in [-0.2, 0) is 0 Å². The quantitative estimate of drug-likeness (QED) is 0.768. The fourth-order valence-electron chi connectivity index (χ4n) is 1.61. The first-order valence-corrected chi connectivity index (χ1v) is 5.45. The van der Waals surface area contributed by atoms with Gasteiger partial charge in [0.15, 0.2) is 0 Å². The second kappa shape index (κ2) is 4.33. The molecule has 82 valence electrons. The Bertz CT molecular complexity index is 334. The van der Waals surface area contributed by atoms with Crippen molar-refractivity contribution >= 4 is 17.4 Å². The Morgan fingerprint density at radius 3 is 2.87 bits per heavy atom. The van der Waals surface area contributed by atoms with Crippen molar-refractivity contribution in [3.63, 3.8) is 0 Å². The predicted octanol–water partition coefficient (Wildman–Crippen LogP) is 1.62. The molecule has 0 aromatic carbocycles. The zero-order valence-corrected chi connectivity index (χ0v) is 9.33. The molecule has 1 aliphatic rings. The smallest absolute Gasteiger partial charge is 0.224 e. The zero-order valence-electron chi connectivity index (χ0n) is 8.57. The number of anilines is 1. The summed E-state index contributed by atoms with van der Waals surface area (Å²) in [5, 5.41) is 12.6. The van der Waals surface area contributed by atoms with Crippen molar-refractivity contribution in [2.24, 2.45) is 5.92 Å². The van der Waals surface area contributed by atoms with Crippen LogP contribution in [0, 0.1) is 12.8 Å². The highest BCUT2D eigenvalue weighted by molar-refractivity contribution is 6.28. The Morgan fingerprint density at radius 2 is 2.33 bits per heavy atom. The maximum atomic E-state index is 9.20. The second-order valence-electron chi connectivity index (χ2n) is 3.93. The van der Waals surface area contributed by atoms with Gasteiger partial charge >= 0.3 is 0 Å². The Morgan fingerprint density at radius 1 is 1.60 bits per heavy atom. The van der Waals surface area contributed by atoms with Gasteiger partial charge in [-0.25, -0.2) is 9.97 Å². The first-order chi connectivity index (χ1) is 7.19. The Kier molecular flexibility index (Phi) is 3.07. The van der Waals surface area contributed by atoms with E-state index in [0.717, 1.165) is 5.69 Å². The van der Waals surface area contributed by atoms with Gasteiger partial charge < -0.3 is 10.4 Å². The number of aromatic nitrogens is 2. The number of aryl methyl sites for hydroxylation is 1. The molecule has 1 aromatic heterocycles. The third kappa shape index (κ3) is 2.79. The molecule has 0 aliphatic heterocycles. The van der Waals surface area contributed by atoms with Crippen LogP contribution in [0.1, 0.15) is 18.5 Å². The van der Waals surface area contributed by atoms with Crippen molar-refractivity contribution in [2.75, 3.05) is 11.9 Å². The van der Waals surface area contributed by atoms with Gasteiger partial charge in [0, 0.05) is 11.8 Å². The minimum absolute atomic E-state index is 0.0929. The average molecular weight is 228 g/mol. The number of aliphatic hydroxyl groups is 1. The number of hydrogen-bond acceptors (Lipinski definition) is 4. The standard InChI is InChI=1S/C10H14ClN3O/c1-6-4-9(14-10(11)12-6)13-8(5-15)7-2-3-7/h4,7-8,15H,2-3,5H2,1H3,(H,12,13,14)/t8-/m1/s1. The monoisotopic (exact) mass is 227 g/mol. The van der Waals surface area contributed by atoms with E-state index < -0.39 is 0 Å². The third-order valence-electron chi connectivity index (χ3n) is 2.55. The van der Waals surface area contributed by atoms with Crippen LogP contribution in [0.5, 0.6) is 0 Å². The summed E-state index contributed by atoms with van der Waals surface area (Å²) in [4.78, 5) is 8.04. The molecule has 5 heteroatoms. The van der Waals surface area contributed by atoms with E-state index >= 15 is 0 Å². The molecule has 1 atom stereocenters. The number of rotatable bonds is 4. The average Bonchev–Trinajstić information content (AvgIpc) is 2.95. The van der Waals surface area contributed by atoms with Crippen molar-refractivity contribution in [1.82, 2.24) is 9.97 Å². The molecule has 0 amide bonds. The summed E-state index contributed by atoms with van der Waals surface area (Å²) in [6, 6.07) is 1.92. The molecule has 2 rings (SSSR count). The zero-order chi connectivity index (χ0) is 10.8. The van der Waals surface area contributed by atoms with Crippen molar-refractivity contribution < 1.29 is 5.11 Å². The van der Waals surface area contributed by atoms with E-state index in [-0.39, 0.29) is 17.9 Å². The fraction of sp³-hybridized carbons (Fsp3) is 0.600. The molecule has 0 saturated heterocycles. The van der Waals surface area contributed by atoms with E-state index in [1.807, 2.05) is 13.0 Å². The Hall–Kier alpha value is -0.870. The second-order valence-corrected chi connectivity index (χ2v) is 4.27. The molecular formula is C10H14ClN3O. The van der Waals surface area contributed by atoms with E-state index in [1.54, 1.807) is 0 Å². The first kappa shape index (κ1) is 10.6. The van der Waals surface area contributed by atoms with E-state index in [9.17, 15) is 5.11 Å². The molecule has 0 bridgehead atoms. The molecule has 4 nitrogen and oxygen atoms in total. The van der Waals surface area contributed by atoms with Gasteiger partial charge in [0.2, 0.25) is 5.28 Å². The molecule has 15 heavy (non-hydrogen) atoms. The van der Waals surface area contributed by atoms with E-state index in [4.69, 9.17) is 11.6 Å². The molecule has 1 saturated carbocycles. The molecular weight excluding hydrogens is 214 g/mol. The summed E-state index contributed by atoms with van der Waals surface area (Å²) in [6.45, 7) is 2.00. The summed E-state index contributed by atoms with van der Waals surface area (Å²) in [6.07, 6.45) is 2.35. The lowest BCUT2D eigenvalue weighted by atomic mass is 10.2. The normalized spacial score (nSPS) is 17.5. The van der Waals surface area contributed by atoms with Crippen LogP contribution >= 0.6 is 11.6 Å². The fourth-order valence-corrected chi connectivity index (χ4v) is 1.83. The van der Waals surface area contributed by atoms with Crippen LogP contribution in [0.15, 0.2) is 6.07 Å². The minimum Gasteiger partial charge on any atom is -0.394 e. The SMILES string of the molecule is Cc1cc(N[C@H](CO)C2CC2)nc(Cl)n1. The highest BCUT2D eigenvalue weighted by Crippen LogP contribution is 2.33. The molecule has 1 fully saturated rings. The Labute approximate surface area is 93.7 Å². The summed E-state index contributed by atoms with van der Waals surface area (Å²) < 4.78 is 0. The summed E-state index contributed by atoms with van der Waals surface area (Å²) in [5.41, 5.74) is 0.824. The van der Waals surface area contributed by atoms with Crippen molar-refractivity contribution in [2.45, 2.75) is 25.8 Å². The number of nitrogens with zero attached hydrogens (tertiary/aromatic N) is 2. The van der Waals surface area contributed by atoms with Crippen LogP contribution in [0.3, 0.4) is 0 Å². The van der Waals surface area contributed by atoms with Crippen LogP contribution in [0.4, 0.5) is 5.82 Å². The lowest BCUT2D eigenvalue weighted by molar-refractivity contribution is 0.263. The van der Waals surface area contributed by atoms with Gasteiger partial charge in [-0.1, -0.05) is 0 Å². The number of halogens is 1. The van der Waals surface area contributed by atoms with Gasteiger partial charge in [0.25, 0.3) is 0 Å². The number of nitrogens with one attached hydrogen (secondary N) is 1. The third-order valence-corrected chi connectivity index (χ3v) is 2.72. The van der Waals surface area contributed by atoms with Gasteiger partial charge in [0.1, 0.15) is 5.82 Å². The number of hydrogen-bond donors (Lipinski definition) is 2. The lowest BCUT2D eigenvalue weighted by Gasteiger charge is -2.16. The van der Waals surface area contributed by atoms with Gasteiger partial charge in [-0.05, 0) is 37.3 Å². The van der Waals surface area contributed by atoms with E-state index in [0.29, 0.717) is 11.7 Å². The molecule has 2 N–H and O–H groups in total. The predicted molar refractivity (Wildman–Crippen MR) is 59.0 cm³/mol. The maximum absolute atomic E-state index is 9.20. The van der Waals surface area contributed by atoms with Crippen molar-refractivity contribution in [1.29, 1.82) is 0 Å². The van der Waals surface area contributed by atoms with Crippen LogP contribution < -0.4 is 5.32 Å². The van der Waals surface area contributed by atoms with Gasteiger partial charge in [-0.3, -0.25) is 0 Å². The molecule has 1 aromatic rings. The van der Waals surface area contributed by atoms with Crippen LogP contribution in [0.2, 0.25) is 5.28 Å². The maximum Gasteiger partial charge on any atom is 0.224 e. The van der Waals surface area contributed by atoms with E-state index in [2.05, 4.69) is 15.3 Å². The minimum atomic E-state index is 0.0929. The largest absolute Gasteiger partial charge is 0.394 e.